The molecule has 0 unspecified atom stereocenters. The number of hydrogen-bond acceptors (Lipinski definition) is 3. The fourth-order valence-electron chi connectivity index (χ4n) is 1.57. The summed E-state index contributed by atoms with van der Waals surface area (Å²) in [5.41, 5.74) is 0.886. The van der Waals surface area contributed by atoms with Gasteiger partial charge in [-0.3, -0.25) is 4.72 Å². The van der Waals surface area contributed by atoms with Crippen molar-refractivity contribution in [2.45, 2.75) is 13.3 Å². The van der Waals surface area contributed by atoms with Gasteiger partial charge in [0.05, 0.1) is 10.2 Å². The van der Waals surface area contributed by atoms with Gasteiger partial charge < -0.3 is 5.32 Å². The third kappa shape index (κ3) is 4.69. The van der Waals surface area contributed by atoms with Crippen LogP contribution in [-0.4, -0.2) is 39.9 Å². The van der Waals surface area contributed by atoms with E-state index in [0.29, 0.717) is 24.2 Å². The van der Waals surface area contributed by atoms with Crippen LogP contribution in [0.2, 0.25) is 0 Å². The molecule has 0 saturated carbocycles. The van der Waals surface area contributed by atoms with E-state index in [1.54, 1.807) is 6.92 Å². The monoisotopic (exact) mass is 367 g/mol. The number of nitrogens with one attached hydrogen (secondary N) is 2. The summed E-state index contributed by atoms with van der Waals surface area (Å²) in [5, 5.41) is 2.96. The molecule has 0 radical (unpaired) electrons. The lowest BCUT2D eigenvalue weighted by Crippen LogP contribution is -2.34. The molecule has 1 rings (SSSR count). The van der Waals surface area contributed by atoms with E-state index >= 15 is 0 Å². The second-order valence-electron chi connectivity index (χ2n) is 4.47. The van der Waals surface area contributed by atoms with Crippen LogP contribution < -0.4 is 10.0 Å². The van der Waals surface area contributed by atoms with Crippen LogP contribution in [-0.2, 0) is 10.2 Å². The number of benzene rings is 1. The molecule has 0 fully saturated rings. The van der Waals surface area contributed by atoms with Crippen molar-refractivity contribution in [3.8, 4) is 0 Å². The molecular formula is C12H19BrFN3O2S. The van der Waals surface area contributed by atoms with Crippen molar-refractivity contribution in [3.63, 3.8) is 0 Å². The summed E-state index contributed by atoms with van der Waals surface area (Å²) in [6.45, 7) is 2.78. The first-order valence-corrected chi connectivity index (χ1v) is 8.35. The highest BCUT2D eigenvalue weighted by Gasteiger charge is 2.18. The van der Waals surface area contributed by atoms with E-state index in [-0.39, 0.29) is 4.47 Å². The molecule has 1 aromatic rings. The van der Waals surface area contributed by atoms with Crippen LogP contribution in [0.4, 0.5) is 10.1 Å². The van der Waals surface area contributed by atoms with Gasteiger partial charge in [-0.1, -0.05) is 0 Å². The topological polar surface area (TPSA) is 61.4 Å². The lowest BCUT2D eigenvalue weighted by Gasteiger charge is -2.19. The minimum absolute atomic E-state index is 0.221. The van der Waals surface area contributed by atoms with E-state index in [2.05, 4.69) is 26.0 Å². The molecule has 0 amide bonds. The zero-order chi connectivity index (χ0) is 15.3. The summed E-state index contributed by atoms with van der Waals surface area (Å²) >= 11 is 3.04. The fourth-order valence-corrected chi connectivity index (χ4v) is 2.94. The van der Waals surface area contributed by atoms with Gasteiger partial charge in [-0.15, -0.1) is 0 Å². The van der Waals surface area contributed by atoms with E-state index in [4.69, 9.17) is 0 Å². The van der Waals surface area contributed by atoms with Gasteiger partial charge in [-0.2, -0.15) is 12.7 Å². The average molecular weight is 368 g/mol. The maximum atomic E-state index is 13.3. The van der Waals surface area contributed by atoms with Crippen LogP contribution in [0.3, 0.4) is 0 Å². The van der Waals surface area contributed by atoms with Gasteiger partial charge >= 0.3 is 10.2 Å². The quantitative estimate of drug-likeness (QED) is 0.725. The molecule has 1 aromatic carbocycles. The van der Waals surface area contributed by atoms with Crippen molar-refractivity contribution >= 4 is 31.8 Å². The summed E-state index contributed by atoms with van der Waals surface area (Å²) in [4.78, 5) is 0. The highest BCUT2D eigenvalue weighted by atomic mass is 79.9. The van der Waals surface area contributed by atoms with Crippen molar-refractivity contribution in [1.82, 2.24) is 9.62 Å². The van der Waals surface area contributed by atoms with Gasteiger partial charge in [0.1, 0.15) is 5.82 Å². The second-order valence-corrected chi connectivity index (χ2v) is 7.10. The Morgan fingerprint density at radius 3 is 2.65 bits per heavy atom. The van der Waals surface area contributed by atoms with Crippen LogP contribution in [0, 0.1) is 12.7 Å². The first kappa shape index (κ1) is 17.4. The molecule has 20 heavy (non-hydrogen) atoms. The molecule has 0 aliphatic rings. The van der Waals surface area contributed by atoms with Crippen LogP contribution in [0.5, 0.6) is 0 Å². The Balaban J connectivity index is 2.83. The number of nitrogens with zero attached hydrogens (tertiary/aromatic N) is 1. The van der Waals surface area contributed by atoms with E-state index in [1.807, 2.05) is 7.05 Å². The number of halogens is 2. The molecule has 0 bridgehead atoms. The van der Waals surface area contributed by atoms with Gasteiger partial charge in [0.2, 0.25) is 0 Å². The smallest absolute Gasteiger partial charge is 0.301 e. The average Bonchev–Trinajstić information content (AvgIpc) is 2.35. The molecule has 0 atom stereocenters. The van der Waals surface area contributed by atoms with Gasteiger partial charge in [-0.25, -0.2) is 4.39 Å². The van der Waals surface area contributed by atoms with Crippen molar-refractivity contribution in [1.29, 1.82) is 0 Å². The summed E-state index contributed by atoms with van der Waals surface area (Å²) in [6, 6.07) is 2.70. The summed E-state index contributed by atoms with van der Waals surface area (Å²) in [6.07, 6.45) is 0.708. The molecule has 5 nitrogen and oxygen atoms in total. The van der Waals surface area contributed by atoms with E-state index in [1.165, 1.54) is 23.5 Å². The van der Waals surface area contributed by atoms with Crippen molar-refractivity contribution in [2.24, 2.45) is 0 Å². The van der Waals surface area contributed by atoms with Crippen LogP contribution in [0.1, 0.15) is 12.0 Å². The summed E-state index contributed by atoms with van der Waals surface area (Å²) in [5.74, 6) is -0.423. The second kappa shape index (κ2) is 7.35. The van der Waals surface area contributed by atoms with Gasteiger partial charge in [-0.05, 0) is 60.6 Å². The van der Waals surface area contributed by atoms with E-state index < -0.39 is 16.0 Å². The Kier molecular flexibility index (Phi) is 6.38. The van der Waals surface area contributed by atoms with Crippen LogP contribution >= 0.6 is 15.9 Å². The van der Waals surface area contributed by atoms with E-state index in [0.717, 1.165) is 6.54 Å². The molecule has 0 aliphatic carbocycles. The van der Waals surface area contributed by atoms with Gasteiger partial charge in [0.25, 0.3) is 0 Å². The molecule has 0 aromatic heterocycles. The number of hydrogen-bond donors (Lipinski definition) is 2. The first-order valence-electron chi connectivity index (χ1n) is 6.12. The minimum atomic E-state index is -3.63. The molecular weight excluding hydrogens is 349 g/mol. The third-order valence-corrected chi connectivity index (χ3v) is 4.91. The Hall–Kier alpha value is -0.700. The molecule has 0 spiro atoms. The number of rotatable bonds is 7. The van der Waals surface area contributed by atoms with Crippen LogP contribution in [0.15, 0.2) is 16.6 Å². The lowest BCUT2D eigenvalue weighted by atomic mass is 10.2. The highest BCUT2D eigenvalue weighted by molar-refractivity contribution is 9.10. The van der Waals surface area contributed by atoms with Crippen molar-refractivity contribution < 1.29 is 12.8 Å². The Morgan fingerprint density at radius 2 is 2.05 bits per heavy atom. The largest absolute Gasteiger partial charge is 0.320 e. The maximum absolute atomic E-state index is 13.3. The summed E-state index contributed by atoms with van der Waals surface area (Å²) < 4.78 is 41.5. The molecule has 0 saturated heterocycles. The number of anilines is 1. The number of aryl methyl sites for hydroxylation is 1. The zero-order valence-corrected chi connectivity index (χ0v) is 14.1. The minimum Gasteiger partial charge on any atom is -0.320 e. The van der Waals surface area contributed by atoms with Crippen molar-refractivity contribution in [2.75, 3.05) is 31.9 Å². The standard InChI is InChI=1S/C12H19BrFN3O2S/c1-9-7-11(14)10(13)8-12(9)16-20(18,19)17(3)6-4-5-15-2/h7-8,15-16H,4-6H2,1-3H3. The molecule has 8 heteroatoms. The Bertz CT molecular complexity index is 566. The molecule has 2 N–H and O–H groups in total. The fraction of sp³-hybridized carbons (Fsp3) is 0.500. The van der Waals surface area contributed by atoms with Crippen LogP contribution in [0.25, 0.3) is 0 Å². The normalized spacial score (nSPS) is 11.9. The van der Waals surface area contributed by atoms with Crippen molar-refractivity contribution in [3.05, 3.63) is 28.0 Å². The zero-order valence-electron chi connectivity index (χ0n) is 11.7. The lowest BCUT2D eigenvalue weighted by molar-refractivity contribution is 0.462. The Morgan fingerprint density at radius 1 is 1.40 bits per heavy atom. The SMILES string of the molecule is CNCCCN(C)S(=O)(=O)Nc1cc(Br)c(F)cc1C. The highest BCUT2D eigenvalue weighted by Crippen LogP contribution is 2.25. The first-order chi connectivity index (χ1) is 9.27. The third-order valence-electron chi connectivity index (χ3n) is 2.82. The maximum Gasteiger partial charge on any atom is 0.301 e. The van der Waals surface area contributed by atoms with Gasteiger partial charge in [0.15, 0.2) is 0 Å². The van der Waals surface area contributed by atoms with E-state index in [9.17, 15) is 12.8 Å². The van der Waals surface area contributed by atoms with Gasteiger partial charge in [0, 0.05) is 13.6 Å². The summed E-state index contributed by atoms with van der Waals surface area (Å²) in [7, 11) is -0.316. The predicted octanol–water partition coefficient (Wildman–Crippen LogP) is 2.09. The molecule has 114 valence electrons. The molecule has 0 aliphatic heterocycles. The predicted molar refractivity (Wildman–Crippen MR) is 82.6 cm³/mol. The molecule has 0 heterocycles. The Labute approximate surface area is 127 Å².